The van der Waals surface area contributed by atoms with Gasteiger partial charge in [0, 0.05) is 6.54 Å². The van der Waals surface area contributed by atoms with Crippen molar-refractivity contribution in [1.29, 1.82) is 0 Å². The van der Waals surface area contributed by atoms with Crippen molar-refractivity contribution in [3.05, 3.63) is 54.1 Å². The summed E-state index contributed by atoms with van der Waals surface area (Å²) in [6.07, 6.45) is 5.11. The molecule has 0 aliphatic carbocycles. The maximum atomic E-state index is 5.80. The zero-order chi connectivity index (χ0) is 18.5. The van der Waals surface area contributed by atoms with Gasteiger partial charge >= 0.3 is 0 Å². The second kappa shape index (κ2) is 12.2. The van der Waals surface area contributed by atoms with Crippen LogP contribution in [0.25, 0.3) is 0 Å². The van der Waals surface area contributed by atoms with Gasteiger partial charge in [-0.3, -0.25) is 0 Å². The molecule has 4 nitrogen and oxygen atoms in total. The van der Waals surface area contributed by atoms with Crippen LogP contribution in [0.3, 0.4) is 0 Å². The fraction of sp³-hybridized carbons (Fsp3) is 0.455. The maximum Gasteiger partial charge on any atom is 0.161 e. The lowest BCUT2D eigenvalue weighted by Crippen LogP contribution is -2.15. The van der Waals surface area contributed by atoms with Crippen LogP contribution in [0, 0.1) is 0 Å². The van der Waals surface area contributed by atoms with Gasteiger partial charge in [-0.25, -0.2) is 0 Å². The molecule has 4 heteroatoms. The predicted octanol–water partition coefficient (Wildman–Crippen LogP) is 4.82. The molecule has 0 heterocycles. The molecule has 2 rings (SSSR count). The van der Waals surface area contributed by atoms with Crippen molar-refractivity contribution in [2.75, 3.05) is 26.9 Å². The molecule has 142 valence electrons. The summed E-state index contributed by atoms with van der Waals surface area (Å²) >= 11 is 0. The third-order valence-electron chi connectivity index (χ3n) is 4.12. The summed E-state index contributed by atoms with van der Waals surface area (Å²) < 4.78 is 16.9. The number of benzene rings is 2. The van der Waals surface area contributed by atoms with Gasteiger partial charge in [0.1, 0.15) is 19.0 Å². The largest absolute Gasteiger partial charge is 0.493 e. The smallest absolute Gasteiger partial charge is 0.161 e. The first-order valence-electron chi connectivity index (χ1n) is 9.51. The first kappa shape index (κ1) is 20.1. The van der Waals surface area contributed by atoms with Crippen LogP contribution >= 0.6 is 0 Å². The van der Waals surface area contributed by atoms with E-state index in [0.29, 0.717) is 13.2 Å². The van der Waals surface area contributed by atoms with Gasteiger partial charge in [0.25, 0.3) is 0 Å². The molecule has 26 heavy (non-hydrogen) atoms. The third kappa shape index (κ3) is 7.36. The molecular weight excluding hydrogens is 326 g/mol. The van der Waals surface area contributed by atoms with Crippen LogP contribution in [-0.2, 0) is 6.54 Å². The molecule has 0 aliphatic rings. The van der Waals surface area contributed by atoms with Gasteiger partial charge in [-0.2, -0.15) is 0 Å². The molecule has 0 aromatic heterocycles. The average Bonchev–Trinajstić information content (AvgIpc) is 2.69. The summed E-state index contributed by atoms with van der Waals surface area (Å²) in [4.78, 5) is 0. The number of unbranched alkanes of at least 4 members (excludes halogenated alkanes) is 3. The van der Waals surface area contributed by atoms with Crippen molar-refractivity contribution in [2.24, 2.45) is 0 Å². The van der Waals surface area contributed by atoms with E-state index in [0.717, 1.165) is 30.3 Å². The zero-order valence-corrected chi connectivity index (χ0v) is 16.0. The van der Waals surface area contributed by atoms with E-state index in [-0.39, 0.29) is 0 Å². The zero-order valence-electron chi connectivity index (χ0n) is 16.0. The molecule has 0 atom stereocenters. The van der Waals surface area contributed by atoms with Crippen LogP contribution < -0.4 is 19.5 Å². The van der Waals surface area contributed by atoms with E-state index in [4.69, 9.17) is 14.2 Å². The Labute approximate surface area is 157 Å². The van der Waals surface area contributed by atoms with Crippen LogP contribution in [0.4, 0.5) is 0 Å². The Kier molecular flexibility index (Phi) is 9.44. The van der Waals surface area contributed by atoms with E-state index in [2.05, 4.69) is 18.3 Å². The van der Waals surface area contributed by atoms with Crippen LogP contribution in [0.15, 0.2) is 48.5 Å². The highest BCUT2D eigenvalue weighted by Gasteiger charge is 2.06. The van der Waals surface area contributed by atoms with Gasteiger partial charge in [-0.1, -0.05) is 50.5 Å². The quantitative estimate of drug-likeness (QED) is 0.522. The number of methoxy groups -OCH3 is 1. The van der Waals surface area contributed by atoms with Crippen molar-refractivity contribution in [3.63, 3.8) is 0 Å². The molecule has 2 aromatic rings. The summed E-state index contributed by atoms with van der Waals surface area (Å²) in [6.45, 7) is 5.10. The number of para-hydroxylation sites is 1. The molecular formula is C22H31NO3. The molecule has 0 unspecified atom stereocenters. The topological polar surface area (TPSA) is 39.7 Å². The van der Waals surface area contributed by atoms with E-state index in [1.807, 2.05) is 42.5 Å². The lowest BCUT2D eigenvalue weighted by molar-refractivity contribution is 0.211. The van der Waals surface area contributed by atoms with Gasteiger partial charge in [0.05, 0.1) is 7.11 Å². The highest BCUT2D eigenvalue weighted by molar-refractivity contribution is 5.43. The van der Waals surface area contributed by atoms with E-state index >= 15 is 0 Å². The predicted molar refractivity (Wildman–Crippen MR) is 106 cm³/mol. The third-order valence-corrected chi connectivity index (χ3v) is 4.12. The van der Waals surface area contributed by atoms with Crippen molar-refractivity contribution < 1.29 is 14.2 Å². The number of nitrogens with one attached hydrogen (secondary N) is 1. The first-order valence-corrected chi connectivity index (χ1v) is 9.51. The summed E-state index contributed by atoms with van der Waals surface area (Å²) in [5, 5.41) is 3.49. The van der Waals surface area contributed by atoms with Crippen molar-refractivity contribution in [3.8, 4) is 17.2 Å². The van der Waals surface area contributed by atoms with E-state index in [1.165, 1.54) is 31.2 Å². The molecule has 0 radical (unpaired) electrons. The number of hydrogen-bond donors (Lipinski definition) is 1. The molecule has 0 saturated carbocycles. The monoisotopic (exact) mass is 357 g/mol. The lowest BCUT2D eigenvalue weighted by atomic mass is 10.2. The minimum Gasteiger partial charge on any atom is -0.493 e. The van der Waals surface area contributed by atoms with Gasteiger partial charge in [0.2, 0.25) is 0 Å². The Morgan fingerprint density at radius 3 is 2.42 bits per heavy atom. The SMILES string of the molecule is CCCCCCNCc1ccc(OCCOc2ccccc2)c(OC)c1. The molecule has 0 fully saturated rings. The molecule has 0 saturated heterocycles. The Morgan fingerprint density at radius 2 is 1.65 bits per heavy atom. The highest BCUT2D eigenvalue weighted by atomic mass is 16.5. The van der Waals surface area contributed by atoms with Gasteiger partial charge in [-0.05, 0) is 42.8 Å². The standard InChI is InChI=1S/C22H31NO3/c1-3-4-5-9-14-23-18-19-12-13-21(22(17-19)24-2)26-16-15-25-20-10-7-6-8-11-20/h6-8,10-13,17,23H,3-5,9,14-16,18H2,1-2H3. The molecule has 0 aliphatic heterocycles. The Balaban J connectivity index is 1.73. The van der Waals surface area contributed by atoms with Crippen LogP contribution in [0.5, 0.6) is 17.2 Å². The number of rotatable bonds is 13. The van der Waals surface area contributed by atoms with Crippen LogP contribution in [0.2, 0.25) is 0 Å². The summed E-state index contributed by atoms with van der Waals surface area (Å²) in [6, 6.07) is 15.8. The van der Waals surface area contributed by atoms with Gasteiger partial charge < -0.3 is 19.5 Å². The molecule has 0 amide bonds. The second-order valence-corrected chi connectivity index (χ2v) is 6.23. The Morgan fingerprint density at radius 1 is 0.846 bits per heavy atom. The normalized spacial score (nSPS) is 10.5. The molecule has 0 spiro atoms. The van der Waals surface area contributed by atoms with Crippen molar-refractivity contribution in [2.45, 2.75) is 39.2 Å². The number of hydrogen-bond acceptors (Lipinski definition) is 4. The first-order chi connectivity index (χ1) is 12.8. The Hall–Kier alpha value is -2.20. The fourth-order valence-electron chi connectivity index (χ4n) is 2.68. The maximum absolute atomic E-state index is 5.80. The van der Waals surface area contributed by atoms with Gasteiger partial charge in [0.15, 0.2) is 11.5 Å². The van der Waals surface area contributed by atoms with Gasteiger partial charge in [-0.15, -0.1) is 0 Å². The molecule has 2 aromatic carbocycles. The van der Waals surface area contributed by atoms with E-state index < -0.39 is 0 Å². The highest BCUT2D eigenvalue weighted by Crippen LogP contribution is 2.28. The average molecular weight is 357 g/mol. The number of ether oxygens (including phenoxy) is 3. The van der Waals surface area contributed by atoms with Crippen molar-refractivity contribution >= 4 is 0 Å². The lowest BCUT2D eigenvalue weighted by Gasteiger charge is -2.13. The van der Waals surface area contributed by atoms with Crippen molar-refractivity contribution in [1.82, 2.24) is 5.32 Å². The Bertz CT molecular complexity index is 616. The summed E-state index contributed by atoms with van der Waals surface area (Å²) in [5.41, 5.74) is 1.20. The summed E-state index contributed by atoms with van der Waals surface area (Å²) in [5.74, 6) is 2.36. The van der Waals surface area contributed by atoms with E-state index in [9.17, 15) is 0 Å². The van der Waals surface area contributed by atoms with Crippen LogP contribution in [-0.4, -0.2) is 26.9 Å². The van der Waals surface area contributed by atoms with E-state index in [1.54, 1.807) is 7.11 Å². The summed E-state index contributed by atoms with van der Waals surface area (Å²) in [7, 11) is 1.67. The minimum absolute atomic E-state index is 0.472. The molecule has 1 N–H and O–H groups in total. The fourth-order valence-corrected chi connectivity index (χ4v) is 2.68. The minimum atomic E-state index is 0.472. The molecule has 0 bridgehead atoms. The van der Waals surface area contributed by atoms with Crippen LogP contribution in [0.1, 0.15) is 38.2 Å². The second-order valence-electron chi connectivity index (χ2n) is 6.23.